The zero-order valence-electron chi connectivity index (χ0n) is 6.27. The van der Waals surface area contributed by atoms with Crippen LogP contribution in [0.15, 0.2) is 0 Å². The van der Waals surface area contributed by atoms with Crippen LogP contribution in [-0.2, 0) is 4.74 Å². The molecule has 0 aromatic rings. The number of alkyl halides is 1. The molecule has 1 heterocycles. The molecule has 60 valence electrons. The number of nitrogens with one attached hydrogen (secondary N) is 1. The Bertz CT molecular complexity index is 99.6. The molecule has 1 aliphatic heterocycles. The van der Waals surface area contributed by atoms with Crippen LogP contribution < -0.4 is 5.32 Å². The predicted molar refractivity (Wildman–Crippen MR) is 37.8 cm³/mol. The Balaban J connectivity index is 2.35. The summed E-state index contributed by atoms with van der Waals surface area (Å²) in [6.45, 7) is 1.36. The van der Waals surface area contributed by atoms with E-state index < -0.39 is 6.17 Å². The Hall–Kier alpha value is -0.150. The molecule has 2 unspecified atom stereocenters. The molecule has 0 aliphatic carbocycles. The van der Waals surface area contributed by atoms with Crippen LogP contribution in [-0.4, -0.2) is 32.5 Å². The van der Waals surface area contributed by atoms with Gasteiger partial charge in [-0.15, -0.1) is 0 Å². The molecule has 0 aromatic heterocycles. The third-order valence-corrected chi connectivity index (χ3v) is 1.89. The molecule has 0 spiro atoms. The molecule has 0 aromatic carbocycles. The number of methoxy groups -OCH3 is 1. The fourth-order valence-corrected chi connectivity index (χ4v) is 1.25. The lowest BCUT2D eigenvalue weighted by Gasteiger charge is -2.15. The molecule has 1 N–H and O–H groups in total. The Labute approximate surface area is 60.8 Å². The lowest BCUT2D eigenvalue weighted by molar-refractivity contribution is 0.0330. The van der Waals surface area contributed by atoms with Crippen LogP contribution in [0.25, 0.3) is 0 Å². The Morgan fingerprint density at radius 3 is 3.10 bits per heavy atom. The first-order valence-electron chi connectivity index (χ1n) is 3.72. The summed E-state index contributed by atoms with van der Waals surface area (Å²) < 4.78 is 17.9. The van der Waals surface area contributed by atoms with Gasteiger partial charge in [-0.1, -0.05) is 0 Å². The van der Waals surface area contributed by atoms with Crippen molar-refractivity contribution in [3.8, 4) is 0 Å². The van der Waals surface area contributed by atoms with E-state index in [1.54, 1.807) is 7.11 Å². The predicted octanol–water partition coefficient (Wildman–Crippen LogP) is 0.723. The number of hydrogen-bond acceptors (Lipinski definition) is 2. The van der Waals surface area contributed by atoms with Crippen LogP contribution in [0.1, 0.15) is 12.8 Å². The fraction of sp³-hybridized carbons (Fsp3) is 1.00. The molecule has 0 saturated carbocycles. The van der Waals surface area contributed by atoms with Crippen LogP contribution in [0.3, 0.4) is 0 Å². The lowest BCUT2D eigenvalue weighted by Crippen LogP contribution is -2.30. The fourth-order valence-electron chi connectivity index (χ4n) is 1.25. The highest BCUT2D eigenvalue weighted by Gasteiger charge is 2.21. The summed E-state index contributed by atoms with van der Waals surface area (Å²) in [6.07, 6.45) is 0.839. The topological polar surface area (TPSA) is 21.3 Å². The maximum atomic E-state index is 12.9. The van der Waals surface area contributed by atoms with Crippen molar-refractivity contribution in [1.82, 2.24) is 5.32 Å². The van der Waals surface area contributed by atoms with Gasteiger partial charge >= 0.3 is 0 Å². The van der Waals surface area contributed by atoms with Gasteiger partial charge in [0.2, 0.25) is 0 Å². The van der Waals surface area contributed by atoms with Crippen molar-refractivity contribution in [2.75, 3.05) is 20.2 Å². The van der Waals surface area contributed by atoms with E-state index >= 15 is 0 Å². The van der Waals surface area contributed by atoms with Crippen molar-refractivity contribution in [1.29, 1.82) is 0 Å². The van der Waals surface area contributed by atoms with Gasteiger partial charge in [-0.05, 0) is 19.4 Å². The molecule has 1 rings (SSSR count). The minimum absolute atomic E-state index is 0.185. The lowest BCUT2D eigenvalue weighted by atomic mass is 10.1. The maximum Gasteiger partial charge on any atom is 0.138 e. The summed E-state index contributed by atoms with van der Waals surface area (Å²) in [5.74, 6) is 0. The molecule has 1 fully saturated rings. The molecule has 10 heavy (non-hydrogen) atoms. The third kappa shape index (κ3) is 1.92. The standard InChI is InChI=1S/C7H14FNO/c1-10-7-3-2-4-9-5-6(7)8/h6-7,9H,2-5H2,1H3. The van der Waals surface area contributed by atoms with Crippen LogP contribution in [0.4, 0.5) is 4.39 Å². The van der Waals surface area contributed by atoms with E-state index in [0.717, 1.165) is 19.4 Å². The SMILES string of the molecule is COC1CCCNCC1F. The van der Waals surface area contributed by atoms with Gasteiger partial charge in [0, 0.05) is 13.7 Å². The maximum absolute atomic E-state index is 12.9. The van der Waals surface area contributed by atoms with Crippen molar-refractivity contribution >= 4 is 0 Å². The molecule has 1 saturated heterocycles. The number of halogens is 1. The summed E-state index contributed by atoms with van der Waals surface area (Å²) in [6, 6.07) is 0. The first kappa shape index (κ1) is 7.95. The van der Waals surface area contributed by atoms with Gasteiger partial charge in [-0.25, -0.2) is 4.39 Å². The van der Waals surface area contributed by atoms with Crippen LogP contribution >= 0.6 is 0 Å². The molecular formula is C7H14FNO. The normalized spacial score (nSPS) is 35.4. The van der Waals surface area contributed by atoms with Crippen molar-refractivity contribution < 1.29 is 9.13 Å². The van der Waals surface area contributed by atoms with E-state index in [1.165, 1.54) is 0 Å². The average molecular weight is 147 g/mol. The van der Waals surface area contributed by atoms with Crippen LogP contribution in [0.5, 0.6) is 0 Å². The average Bonchev–Trinajstić information content (AvgIpc) is 2.13. The number of hydrogen-bond donors (Lipinski definition) is 1. The molecular weight excluding hydrogens is 133 g/mol. The monoisotopic (exact) mass is 147 g/mol. The van der Waals surface area contributed by atoms with Gasteiger partial charge in [-0.2, -0.15) is 0 Å². The molecule has 2 atom stereocenters. The quantitative estimate of drug-likeness (QED) is 0.590. The Morgan fingerprint density at radius 2 is 2.40 bits per heavy atom. The van der Waals surface area contributed by atoms with Gasteiger partial charge < -0.3 is 10.1 Å². The molecule has 2 nitrogen and oxygen atoms in total. The molecule has 3 heteroatoms. The van der Waals surface area contributed by atoms with E-state index in [4.69, 9.17) is 4.74 Å². The number of rotatable bonds is 1. The molecule has 0 radical (unpaired) electrons. The molecule has 0 amide bonds. The van der Waals surface area contributed by atoms with Crippen molar-refractivity contribution in [2.24, 2.45) is 0 Å². The summed E-state index contributed by atoms with van der Waals surface area (Å²) in [4.78, 5) is 0. The first-order valence-corrected chi connectivity index (χ1v) is 3.72. The van der Waals surface area contributed by atoms with Gasteiger partial charge in [0.1, 0.15) is 6.17 Å². The second kappa shape index (κ2) is 3.88. The van der Waals surface area contributed by atoms with E-state index in [1.807, 2.05) is 0 Å². The van der Waals surface area contributed by atoms with Gasteiger partial charge in [0.25, 0.3) is 0 Å². The molecule has 1 aliphatic rings. The second-order valence-corrected chi connectivity index (χ2v) is 2.64. The van der Waals surface area contributed by atoms with Crippen molar-refractivity contribution in [2.45, 2.75) is 25.1 Å². The van der Waals surface area contributed by atoms with Gasteiger partial charge in [-0.3, -0.25) is 0 Å². The van der Waals surface area contributed by atoms with E-state index in [9.17, 15) is 4.39 Å². The smallest absolute Gasteiger partial charge is 0.138 e. The highest BCUT2D eigenvalue weighted by atomic mass is 19.1. The zero-order valence-corrected chi connectivity index (χ0v) is 6.27. The van der Waals surface area contributed by atoms with E-state index in [2.05, 4.69) is 5.32 Å². The summed E-state index contributed by atoms with van der Waals surface area (Å²) in [5.41, 5.74) is 0. The highest BCUT2D eigenvalue weighted by Crippen LogP contribution is 2.11. The summed E-state index contributed by atoms with van der Waals surface area (Å²) >= 11 is 0. The van der Waals surface area contributed by atoms with E-state index in [0.29, 0.717) is 6.54 Å². The van der Waals surface area contributed by atoms with Crippen LogP contribution in [0.2, 0.25) is 0 Å². The molecule has 0 bridgehead atoms. The summed E-state index contributed by atoms with van der Waals surface area (Å²) in [7, 11) is 1.57. The minimum Gasteiger partial charge on any atom is -0.378 e. The first-order chi connectivity index (χ1) is 4.84. The Kier molecular flexibility index (Phi) is 3.09. The van der Waals surface area contributed by atoms with Crippen LogP contribution in [0, 0.1) is 0 Å². The number of ether oxygens (including phenoxy) is 1. The largest absolute Gasteiger partial charge is 0.378 e. The van der Waals surface area contributed by atoms with Gasteiger partial charge in [0.15, 0.2) is 0 Å². The summed E-state index contributed by atoms with van der Waals surface area (Å²) in [5, 5.41) is 3.01. The highest BCUT2D eigenvalue weighted by molar-refractivity contribution is 4.75. The third-order valence-electron chi connectivity index (χ3n) is 1.89. The van der Waals surface area contributed by atoms with Gasteiger partial charge in [0.05, 0.1) is 6.10 Å². The second-order valence-electron chi connectivity index (χ2n) is 2.64. The van der Waals surface area contributed by atoms with Crippen molar-refractivity contribution in [3.63, 3.8) is 0 Å². The minimum atomic E-state index is -0.826. The van der Waals surface area contributed by atoms with Crippen molar-refractivity contribution in [3.05, 3.63) is 0 Å². The van der Waals surface area contributed by atoms with E-state index in [-0.39, 0.29) is 6.10 Å². The Morgan fingerprint density at radius 1 is 1.60 bits per heavy atom. The zero-order chi connectivity index (χ0) is 7.40.